The smallest absolute Gasteiger partial charge is 0.255 e. The van der Waals surface area contributed by atoms with Gasteiger partial charge in [0.25, 0.3) is 5.91 Å². The molecule has 2 N–H and O–H groups in total. The lowest BCUT2D eigenvalue weighted by Crippen LogP contribution is -2.38. The van der Waals surface area contributed by atoms with Crippen LogP contribution in [0.3, 0.4) is 0 Å². The van der Waals surface area contributed by atoms with Gasteiger partial charge < -0.3 is 10.6 Å². The summed E-state index contributed by atoms with van der Waals surface area (Å²) in [6.45, 7) is 0.212. The normalized spacial score (nSPS) is 15.2. The molecule has 1 aliphatic carbocycles. The number of carbonyl (C=O) groups excluding carboxylic acids is 1. The molecule has 1 saturated carbocycles. The summed E-state index contributed by atoms with van der Waals surface area (Å²) in [5.74, 6) is 4.99. The Morgan fingerprint density at radius 1 is 1.38 bits per heavy atom. The number of hydrogen-bond acceptors (Lipinski definition) is 2. The van der Waals surface area contributed by atoms with Crippen LogP contribution in [0.15, 0.2) is 18.2 Å². The number of benzene rings is 1. The van der Waals surface area contributed by atoms with Crippen LogP contribution in [0.25, 0.3) is 0 Å². The van der Waals surface area contributed by atoms with E-state index in [0.717, 1.165) is 25.7 Å². The average molecular weight is 288 g/mol. The maximum absolute atomic E-state index is 13.5. The van der Waals surface area contributed by atoms with Crippen molar-refractivity contribution in [1.82, 2.24) is 4.90 Å². The predicted octanol–water partition coefficient (Wildman–Crippen LogP) is 2.54. The lowest BCUT2D eigenvalue weighted by Gasteiger charge is -2.31. The van der Waals surface area contributed by atoms with Gasteiger partial charge in [0, 0.05) is 18.7 Å². The van der Waals surface area contributed by atoms with E-state index in [0.29, 0.717) is 11.1 Å². The van der Waals surface area contributed by atoms with E-state index >= 15 is 0 Å². The quantitative estimate of drug-likeness (QED) is 0.850. The van der Waals surface area contributed by atoms with Crippen LogP contribution in [-0.4, -0.2) is 30.4 Å². The summed E-state index contributed by atoms with van der Waals surface area (Å²) in [6.07, 6.45) is 5.55. The highest BCUT2D eigenvalue weighted by atomic mass is 19.1. The van der Waals surface area contributed by atoms with Crippen molar-refractivity contribution in [3.63, 3.8) is 0 Å². The number of nitrogens with two attached hydrogens (primary N) is 1. The van der Waals surface area contributed by atoms with Crippen molar-refractivity contribution in [2.75, 3.05) is 13.6 Å². The van der Waals surface area contributed by atoms with Crippen molar-refractivity contribution in [3.8, 4) is 11.8 Å². The van der Waals surface area contributed by atoms with Gasteiger partial charge in [-0.15, -0.1) is 0 Å². The van der Waals surface area contributed by atoms with Crippen LogP contribution < -0.4 is 5.73 Å². The number of hydrogen-bond donors (Lipinski definition) is 1. The fraction of sp³-hybridized carbons (Fsp3) is 0.471. The molecule has 3 nitrogen and oxygen atoms in total. The molecule has 2 rings (SSSR count). The summed E-state index contributed by atoms with van der Waals surface area (Å²) in [7, 11) is 1.80. The van der Waals surface area contributed by atoms with Gasteiger partial charge in [-0.05, 0) is 31.0 Å². The lowest BCUT2D eigenvalue weighted by atomic mass is 9.94. The highest BCUT2D eigenvalue weighted by Gasteiger charge is 2.24. The summed E-state index contributed by atoms with van der Waals surface area (Å²) in [4.78, 5) is 14.4. The first kappa shape index (κ1) is 15.5. The van der Waals surface area contributed by atoms with Gasteiger partial charge in [0.05, 0.1) is 12.1 Å². The Bertz CT molecular complexity index is 568. The Morgan fingerprint density at radius 2 is 2.10 bits per heavy atom. The molecule has 21 heavy (non-hydrogen) atoms. The molecule has 4 heteroatoms. The molecule has 1 aromatic carbocycles. The number of halogens is 1. The molecule has 1 aliphatic rings. The maximum atomic E-state index is 13.5. The van der Waals surface area contributed by atoms with Gasteiger partial charge in [-0.3, -0.25) is 4.79 Å². The minimum Gasteiger partial charge on any atom is -0.339 e. The van der Waals surface area contributed by atoms with Gasteiger partial charge in [0.1, 0.15) is 5.82 Å². The molecule has 1 aromatic rings. The minimum absolute atomic E-state index is 0.164. The van der Waals surface area contributed by atoms with Crippen LogP contribution in [0.5, 0.6) is 0 Å². The van der Waals surface area contributed by atoms with E-state index in [1.165, 1.54) is 18.6 Å². The second-order valence-electron chi connectivity index (χ2n) is 5.40. The van der Waals surface area contributed by atoms with E-state index in [4.69, 9.17) is 5.73 Å². The zero-order valence-corrected chi connectivity index (χ0v) is 12.4. The van der Waals surface area contributed by atoms with Crippen molar-refractivity contribution in [2.24, 2.45) is 5.73 Å². The number of carbonyl (C=O) groups is 1. The summed E-state index contributed by atoms with van der Waals surface area (Å²) < 4.78 is 13.5. The number of amides is 1. The lowest BCUT2D eigenvalue weighted by molar-refractivity contribution is 0.0695. The highest BCUT2D eigenvalue weighted by Crippen LogP contribution is 2.23. The van der Waals surface area contributed by atoms with Crippen molar-refractivity contribution in [3.05, 3.63) is 35.1 Å². The van der Waals surface area contributed by atoms with Crippen LogP contribution in [0.2, 0.25) is 0 Å². The summed E-state index contributed by atoms with van der Waals surface area (Å²) in [5.41, 5.74) is 6.23. The zero-order valence-electron chi connectivity index (χ0n) is 12.4. The Hall–Kier alpha value is -1.86. The van der Waals surface area contributed by atoms with Gasteiger partial charge >= 0.3 is 0 Å². The number of rotatable bonds is 2. The Kier molecular flexibility index (Phi) is 5.35. The first-order valence-electron chi connectivity index (χ1n) is 7.39. The van der Waals surface area contributed by atoms with Crippen LogP contribution >= 0.6 is 0 Å². The third-order valence-corrected chi connectivity index (χ3v) is 3.98. The molecule has 0 spiro atoms. The predicted molar refractivity (Wildman–Crippen MR) is 81.3 cm³/mol. The second-order valence-corrected chi connectivity index (χ2v) is 5.40. The summed E-state index contributed by atoms with van der Waals surface area (Å²) in [6, 6.07) is 4.37. The van der Waals surface area contributed by atoms with Crippen LogP contribution in [0.4, 0.5) is 4.39 Å². The second kappa shape index (κ2) is 7.24. The topological polar surface area (TPSA) is 46.3 Å². The van der Waals surface area contributed by atoms with Gasteiger partial charge in [0.15, 0.2) is 0 Å². The maximum Gasteiger partial charge on any atom is 0.255 e. The third-order valence-electron chi connectivity index (χ3n) is 3.98. The first-order valence-corrected chi connectivity index (χ1v) is 7.39. The largest absolute Gasteiger partial charge is 0.339 e. The molecule has 0 aliphatic heterocycles. The third kappa shape index (κ3) is 3.83. The molecule has 0 saturated heterocycles. The van der Waals surface area contributed by atoms with Gasteiger partial charge in [0.2, 0.25) is 0 Å². The van der Waals surface area contributed by atoms with Gasteiger partial charge in [-0.25, -0.2) is 4.39 Å². The van der Waals surface area contributed by atoms with E-state index in [1.54, 1.807) is 18.0 Å². The van der Waals surface area contributed by atoms with Crippen molar-refractivity contribution >= 4 is 5.91 Å². The summed E-state index contributed by atoms with van der Waals surface area (Å²) >= 11 is 0. The molecule has 0 atom stereocenters. The Morgan fingerprint density at radius 3 is 2.76 bits per heavy atom. The van der Waals surface area contributed by atoms with Crippen LogP contribution in [0, 0.1) is 17.7 Å². The van der Waals surface area contributed by atoms with Crippen LogP contribution in [0.1, 0.15) is 48.0 Å². The Labute approximate surface area is 125 Å². The molecule has 0 aromatic heterocycles. The van der Waals surface area contributed by atoms with Crippen molar-refractivity contribution < 1.29 is 9.18 Å². The van der Waals surface area contributed by atoms with E-state index in [1.807, 2.05) is 0 Å². The van der Waals surface area contributed by atoms with Gasteiger partial charge in [-0.1, -0.05) is 31.1 Å². The van der Waals surface area contributed by atoms with E-state index in [9.17, 15) is 9.18 Å². The molecule has 0 unspecified atom stereocenters. The van der Waals surface area contributed by atoms with Crippen molar-refractivity contribution in [1.29, 1.82) is 0 Å². The molecular formula is C17H21FN2O. The monoisotopic (exact) mass is 288 g/mol. The van der Waals surface area contributed by atoms with Crippen LogP contribution in [-0.2, 0) is 0 Å². The molecular weight excluding hydrogens is 267 g/mol. The fourth-order valence-corrected chi connectivity index (χ4v) is 2.77. The Balaban J connectivity index is 2.26. The fourth-order valence-electron chi connectivity index (χ4n) is 2.77. The molecule has 0 heterocycles. The molecule has 0 radical (unpaired) electrons. The average Bonchev–Trinajstić information content (AvgIpc) is 2.53. The first-order chi connectivity index (χ1) is 10.1. The zero-order chi connectivity index (χ0) is 15.2. The molecule has 1 fully saturated rings. The summed E-state index contributed by atoms with van der Waals surface area (Å²) in [5, 5.41) is 0. The minimum atomic E-state index is -0.423. The van der Waals surface area contributed by atoms with Gasteiger partial charge in [-0.2, -0.15) is 0 Å². The molecule has 1 amide bonds. The van der Waals surface area contributed by atoms with E-state index in [-0.39, 0.29) is 18.5 Å². The van der Waals surface area contributed by atoms with Crippen molar-refractivity contribution in [2.45, 2.75) is 38.1 Å². The standard InChI is InChI=1S/C17H21FN2O/c1-20(15-7-3-2-4-8-15)17(21)16-12-14(18)10-9-13(16)6-5-11-19/h9-10,12,15H,2-4,7-8,11,19H2,1H3. The number of nitrogens with zero attached hydrogens (tertiary/aromatic N) is 1. The van der Waals surface area contributed by atoms with E-state index in [2.05, 4.69) is 11.8 Å². The highest BCUT2D eigenvalue weighted by molar-refractivity contribution is 5.96. The molecule has 0 bridgehead atoms. The SMILES string of the molecule is CN(C(=O)c1cc(F)ccc1C#CCN)C1CCCCC1. The van der Waals surface area contributed by atoms with E-state index < -0.39 is 5.82 Å². The molecule has 112 valence electrons.